The zero-order valence-corrected chi connectivity index (χ0v) is 14.4. The number of esters is 1. The van der Waals surface area contributed by atoms with E-state index in [1.165, 1.54) is 18.2 Å². The van der Waals surface area contributed by atoms with E-state index in [0.29, 0.717) is 28.9 Å². The topological polar surface area (TPSA) is 106 Å². The molecule has 1 aliphatic heterocycles. The lowest BCUT2D eigenvalue weighted by atomic mass is 10.2. The Bertz CT molecular complexity index is 1060. The van der Waals surface area contributed by atoms with Gasteiger partial charge in [-0.1, -0.05) is 6.92 Å². The van der Waals surface area contributed by atoms with Crippen molar-refractivity contribution < 1.29 is 23.9 Å². The first-order chi connectivity index (χ1) is 13.1. The van der Waals surface area contributed by atoms with Crippen molar-refractivity contribution in [2.75, 3.05) is 6.79 Å². The third kappa shape index (κ3) is 3.03. The predicted octanol–water partition coefficient (Wildman–Crippen LogP) is 3.30. The number of nitro groups is 1. The zero-order chi connectivity index (χ0) is 19.0. The minimum absolute atomic E-state index is 0.0322. The minimum atomic E-state index is -0.636. The second-order valence-corrected chi connectivity index (χ2v) is 5.94. The maximum absolute atomic E-state index is 12.5. The standard InChI is InChI=1S/C18H15N3O6/c1-2-7-20-14-5-4-12(21(23)24)9-13(14)17(19-20)27-18(22)11-3-6-15-16(8-11)26-10-25-15/h3-6,8-9H,2,7,10H2,1H3. The molecule has 0 saturated heterocycles. The van der Waals surface area contributed by atoms with Crippen LogP contribution in [0.2, 0.25) is 0 Å². The van der Waals surface area contributed by atoms with Crippen LogP contribution < -0.4 is 14.2 Å². The van der Waals surface area contributed by atoms with Crippen molar-refractivity contribution in [3.8, 4) is 17.4 Å². The summed E-state index contributed by atoms with van der Waals surface area (Å²) in [6, 6.07) is 9.07. The van der Waals surface area contributed by atoms with Crippen LogP contribution in [0.15, 0.2) is 36.4 Å². The number of hydrogen-bond donors (Lipinski definition) is 0. The van der Waals surface area contributed by atoms with Crippen molar-refractivity contribution >= 4 is 22.6 Å². The van der Waals surface area contributed by atoms with Crippen molar-refractivity contribution in [2.45, 2.75) is 19.9 Å². The molecule has 0 aliphatic carbocycles. The van der Waals surface area contributed by atoms with Crippen molar-refractivity contribution in [1.82, 2.24) is 9.78 Å². The van der Waals surface area contributed by atoms with Gasteiger partial charge in [0.05, 0.1) is 21.4 Å². The van der Waals surface area contributed by atoms with Crippen molar-refractivity contribution in [3.63, 3.8) is 0 Å². The summed E-state index contributed by atoms with van der Waals surface area (Å²) in [6.45, 7) is 2.68. The Morgan fingerprint density at radius 2 is 2.07 bits per heavy atom. The largest absolute Gasteiger partial charge is 0.454 e. The highest BCUT2D eigenvalue weighted by Crippen LogP contribution is 2.34. The van der Waals surface area contributed by atoms with Crippen molar-refractivity contribution in [3.05, 3.63) is 52.1 Å². The fourth-order valence-electron chi connectivity index (χ4n) is 2.88. The number of fused-ring (bicyclic) bond motifs is 2. The molecule has 9 heteroatoms. The first-order valence-corrected chi connectivity index (χ1v) is 8.33. The van der Waals surface area contributed by atoms with E-state index in [0.717, 1.165) is 6.42 Å². The summed E-state index contributed by atoms with van der Waals surface area (Å²) in [5.41, 5.74) is 0.831. The summed E-state index contributed by atoms with van der Waals surface area (Å²) < 4.78 is 17.6. The average molecular weight is 369 g/mol. The van der Waals surface area contributed by atoms with Crippen LogP contribution in [0.4, 0.5) is 5.69 Å². The summed E-state index contributed by atoms with van der Waals surface area (Å²) in [5, 5.41) is 15.8. The monoisotopic (exact) mass is 369 g/mol. The molecule has 0 unspecified atom stereocenters. The van der Waals surface area contributed by atoms with Gasteiger partial charge in [-0.15, -0.1) is 5.10 Å². The van der Waals surface area contributed by atoms with Gasteiger partial charge in [-0.2, -0.15) is 0 Å². The van der Waals surface area contributed by atoms with Crippen LogP contribution in [-0.4, -0.2) is 27.5 Å². The number of nitrogens with zero attached hydrogens (tertiary/aromatic N) is 3. The Balaban J connectivity index is 1.70. The van der Waals surface area contributed by atoms with Gasteiger partial charge >= 0.3 is 5.97 Å². The number of ether oxygens (including phenoxy) is 3. The number of aromatic nitrogens is 2. The van der Waals surface area contributed by atoms with E-state index in [4.69, 9.17) is 14.2 Å². The minimum Gasteiger partial charge on any atom is -0.454 e. The Hall–Kier alpha value is -3.62. The SMILES string of the molecule is CCCn1nc(OC(=O)c2ccc3c(c2)OCO3)c2cc([N+](=O)[O-])ccc21. The molecule has 2 aromatic carbocycles. The predicted molar refractivity (Wildman–Crippen MR) is 94.2 cm³/mol. The maximum Gasteiger partial charge on any atom is 0.345 e. The molecular formula is C18H15N3O6. The second-order valence-electron chi connectivity index (χ2n) is 5.94. The van der Waals surface area contributed by atoms with E-state index in [2.05, 4.69) is 5.10 Å². The summed E-state index contributed by atoms with van der Waals surface area (Å²) in [6.07, 6.45) is 0.809. The van der Waals surface area contributed by atoms with Gasteiger partial charge in [0, 0.05) is 18.7 Å². The summed E-state index contributed by atoms with van der Waals surface area (Å²) in [7, 11) is 0. The number of benzene rings is 2. The van der Waals surface area contributed by atoms with Crippen LogP contribution in [-0.2, 0) is 6.54 Å². The number of non-ortho nitro benzene ring substituents is 1. The molecule has 2 heterocycles. The molecule has 0 N–H and O–H groups in total. The molecule has 1 aromatic heterocycles. The number of nitro benzene ring substituents is 1. The van der Waals surface area contributed by atoms with Crippen LogP contribution in [0.1, 0.15) is 23.7 Å². The average Bonchev–Trinajstić information content (AvgIpc) is 3.26. The fourth-order valence-corrected chi connectivity index (χ4v) is 2.88. The number of carbonyl (C=O) groups is 1. The van der Waals surface area contributed by atoms with Gasteiger partial charge in [-0.25, -0.2) is 4.79 Å². The van der Waals surface area contributed by atoms with E-state index in [1.54, 1.807) is 22.9 Å². The van der Waals surface area contributed by atoms with E-state index >= 15 is 0 Å². The highest BCUT2D eigenvalue weighted by Gasteiger charge is 2.21. The quantitative estimate of drug-likeness (QED) is 0.386. The molecule has 0 radical (unpaired) electrons. The molecule has 0 amide bonds. The highest BCUT2D eigenvalue weighted by molar-refractivity contribution is 5.95. The maximum atomic E-state index is 12.5. The Kier molecular flexibility index (Phi) is 4.11. The van der Waals surface area contributed by atoms with Gasteiger partial charge in [0.25, 0.3) is 5.69 Å². The van der Waals surface area contributed by atoms with Crippen LogP contribution >= 0.6 is 0 Å². The highest BCUT2D eigenvalue weighted by atomic mass is 16.7. The van der Waals surface area contributed by atoms with E-state index < -0.39 is 10.9 Å². The summed E-state index contributed by atoms with van der Waals surface area (Å²) in [4.78, 5) is 23.1. The van der Waals surface area contributed by atoms with E-state index in [9.17, 15) is 14.9 Å². The van der Waals surface area contributed by atoms with Crippen LogP contribution in [0.3, 0.4) is 0 Å². The number of aryl methyl sites for hydroxylation is 1. The molecule has 0 saturated carbocycles. The molecule has 0 spiro atoms. The summed E-state index contributed by atoms with van der Waals surface area (Å²) >= 11 is 0. The molecule has 138 valence electrons. The van der Waals surface area contributed by atoms with Crippen LogP contribution in [0.25, 0.3) is 10.9 Å². The third-order valence-electron chi connectivity index (χ3n) is 4.14. The van der Waals surface area contributed by atoms with Crippen molar-refractivity contribution in [1.29, 1.82) is 0 Å². The normalized spacial score (nSPS) is 12.3. The van der Waals surface area contributed by atoms with Gasteiger partial charge in [0.15, 0.2) is 11.5 Å². The molecule has 1 aliphatic rings. The molecule has 0 fully saturated rings. The van der Waals surface area contributed by atoms with Gasteiger partial charge in [-0.05, 0) is 30.7 Å². The summed E-state index contributed by atoms with van der Waals surface area (Å²) in [5.74, 6) is 0.411. The van der Waals surface area contributed by atoms with Crippen molar-refractivity contribution in [2.24, 2.45) is 0 Å². The Morgan fingerprint density at radius 3 is 2.85 bits per heavy atom. The Morgan fingerprint density at radius 1 is 1.26 bits per heavy atom. The first-order valence-electron chi connectivity index (χ1n) is 8.33. The molecule has 0 bridgehead atoms. The molecule has 0 atom stereocenters. The third-order valence-corrected chi connectivity index (χ3v) is 4.14. The van der Waals surface area contributed by atoms with E-state index in [1.807, 2.05) is 6.92 Å². The lowest BCUT2D eigenvalue weighted by Gasteiger charge is -2.03. The molecule has 27 heavy (non-hydrogen) atoms. The van der Waals surface area contributed by atoms with Gasteiger partial charge < -0.3 is 14.2 Å². The zero-order valence-electron chi connectivity index (χ0n) is 14.4. The van der Waals surface area contributed by atoms with Gasteiger partial charge in [0.2, 0.25) is 12.7 Å². The Labute approximate surface area is 153 Å². The molecule has 3 aromatic rings. The van der Waals surface area contributed by atoms with E-state index in [-0.39, 0.29) is 23.9 Å². The second kappa shape index (κ2) is 6.60. The first kappa shape index (κ1) is 16.8. The molecule has 4 rings (SSSR count). The smallest absolute Gasteiger partial charge is 0.345 e. The van der Waals surface area contributed by atoms with Crippen LogP contribution in [0, 0.1) is 10.1 Å². The number of rotatable bonds is 5. The lowest BCUT2D eigenvalue weighted by molar-refractivity contribution is -0.384. The van der Waals surface area contributed by atoms with Gasteiger partial charge in [-0.3, -0.25) is 14.8 Å². The fraction of sp³-hybridized carbons (Fsp3) is 0.222. The number of carbonyl (C=O) groups excluding carboxylic acids is 1. The molecule has 9 nitrogen and oxygen atoms in total. The lowest BCUT2D eigenvalue weighted by Crippen LogP contribution is -2.09. The molecular weight excluding hydrogens is 354 g/mol. The van der Waals surface area contributed by atoms with Crippen LogP contribution in [0.5, 0.6) is 17.4 Å². The number of hydrogen-bond acceptors (Lipinski definition) is 7. The van der Waals surface area contributed by atoms with Gasteiger partial charge in [0.1, 0.15) is 0 Å².